The van der Waals surface area contributed by atoms with Crippen molar-refractivity contribution in [2.75, 3.05) is 7.05 Å². The van der Waals surface area contributed by atoms with E-state index >= 15 is 0 Å². The molecule has 1 N–H and O–H groups in total. The second-order valence-corrected chi connectivity index (χ2v) is 7.75. The predicted octanol–water partition coefficient (Wildman–Crippen LogP) is 4.07. The Hall–Kier alpha value is -3.42. The van der Waals surface area contributed by atoms with Gasteiger partial charge in [-0.25, -0.2) is 9.59 Å². The van der Waals surface area contributed by atoms with Crippen molar-refractivity contribution >= 4 is 22.8 Å². The van der Waals surface area contributed by atoms with Gasteiger partial charge in [-0.3, -0.25) is 4.90 Å². The van der Waals surface area contributed by atoms with Gasteiger partial charge in [-0.1, -0.05) is 42.5 Å². The molecule has 2 aromatic carbocycles. The first-order chi connectivity index (χ1) is 13.6. The Bertz CT molecular complexity index is 1040. The van der Waals surface area contributed by atoms with Crippen LogP contribution in [0.1, 0.15) is 48.9 Å². The van der Waals surface area contributed by atoms with E-state index in [1.165, 1.54) is 4.90 Å². The van der Waals surface area contributed by atoms with Crippen molar-refractivity contribution in [3.8, 4) is 0 Å². The fourth-order valence-corrected chi connectivity index (χ4v) is 2.90. The van der Waals surface area contributed by atoms with Crippen LogP contribution in [0.3, 0.4) is 0 Å². The molecule has 0 aliphatic rings. The third-order valence-electron chi connectivity index (χ3n) is 4.31. The molecule has 1 aromatic heterocycles. The maximum Gasteiger partial charge on any atom is 0.410 e. The Balaban J connectivity index is 1.94. The van der Waals surface area contributed by atoms with Gasteiger partial charge < -0.3 is 14.4 Å². The molecule has 0 aliphatic carbocycles. The monoisotopic (exact) mass is 397 g/mol. The van der Waals surface area contributed by atoms with Crippen molar-refractivity contribution in [1.82, 2.24) is 15.0 Å². The summed E-state index contributed by atoms with van der Waals surface area (Å²) in [7, 11) is 1.56. The van der Waals surface area contributed by atoms with Crippen LogP contribution in [0, 0.1) is 0 Å². The highest BCUT2D eigenvalue weighted by Crippen LogP contribution is 2.26. The van der Waals surface area contributed by atoms with Crippen LogP contribution in [0.4, 0.5) is 4.79 Å². The van der Waals surface area contributed by atoms with Gasteiger partial charge in [-0.2, -0.15) is 4.98 Å². The number of benzene rings is 2. The van der Waals surface area contributed by atoms with Crippen molar-refractivity contribution in [1.29, 1.82) is 0 Å². The van der Waals surface area contributed by atoms with Crippen LogP contribution in [-0.4, -0.2) is 44.9 Å². The molecule has 3 aromatic rings. The molecule has 0 unspecified atom stereocenters. The van der Waals surface area contributed by atoms with Crippen molar-refractivity contribution in [2.45, 2.75) is 38.8 Å². The number of nitrogens with zero attached hydrogens (tertiary/aromatic N) is 3. The van der Waals surface area contributed by atoms with Crippen LogP contribution >= 0.6 is 0 Å². The lowest BCUT2D eigenvalue weighted by Crippen LogP contribution is -2.37. The molecule has 0 fully saturated rings. The van der Waals surface area contributed by atoms with Gasteiger partial charge in [0.2, 0.25) is 5.89 Å². The second-order valence-electron chi connectivity index (χ2n) is 7.75. The largest absolute Gasteiger partial charge is 0.475 e. The Kier molecular flexibility index (Phi) is 5.54. The van der Waals surface area contributed by atoms with E-state index in [4.69, 9.17) is 14.4 Å². The highest BCUT2D eigenvalue weighted by molar-refractivity contribution is 5.83. The molecule has 0 radical (unpaired) electrons. The fraction of sp³-hybridized carbons (Fsp3) is 0.333. The minimum atomic E-state index is -1.30. The molecule has 8 heteroatoms. The molecule has 0 spiro atoms. The van der Waals surface area contributed by atoms with Crippen LogP contribution < -0.4 is 0 Å². The summed E-state index contributed by atoms with van der Waals surface area (Å²) in [6, 6.07) is 13.2. The summed E-state index contributed by atoms with van der Waals surface area (Å²) in [5.41, 5.74) is 0.249. The van der Waals surface area contributed by atoms with Gasteiger partial charge in [0, 0.05) is 13.5 Å². The third-order valence-corrected chi connectivity index (χ3v) is 4.31. The number of aromatic nitrogens is 2. The average Bonchev–Trinajstić information content (AvgIpc) is 3.14. The normalized spacial score (nSPS) is 12.6. The number of hydrogen-bond donors (Lipinski definition) is 1. The number of carboxylic acids is 1. The van der Waals surface area contributed by atoms with Crippen molar-refractivity contribution in [2.24, 2.45) is 0 Å². The van der Waals surface area contributed by atoms with Gasteiger partial charge >= 0.3 is 12.1 Å². The van der Waals surface area contributed by atoms with Crippen molar-refractivity contribution in [3.05, 3.63) is 59.7 Å². The molecular formula is C21H23N3O5. The van der Waals surface area contributed by atoms with Gasteiger partial charge in [0.25, 0.3) is 5.82 Å². The van der Waals surface area contributed by atoms with Crippen LogP contribution in [0.25, 0.3) is 10.8 Å². The van der Waals surface area contributed by atoms with E-state index in [2.05, 4.69) is 10.1 Å². The fourth-order valence-electron chi connectivity index (χ4n) is 2.90. The molecule has 0 saturated carbocycles. The Morgan fingerprint density at radius 2 is 1.86 bits per heavy atom. The number of likely N-dealkylation sites (N-methyl/N-ethyl adjacent to an activating group) is 1. The highest BCUT2D eigenvalue weighted by atomic mass is 16.6. The SMILES string of the molecule is CN(C(=O)OC(C)(C)C)[C@H](Cc1ccc2ccccc2c1)c1nc(C(=O)O)no1. The van der Waals surface area contributed by atoms with Crippen LogP contribution in [0.5, 0.6) is 0 Å². The molecule has 0 bridgehead atoms. The lowest BCUT2D eigenvalue weighted by atomic mass is 10.0. The summed E-state index contributed by atoms with van der Waals surface area (Å²) >= 11 is 0. The maximum atomic E-state index is 12.6. The highest BCUT2D eigenvalue weighted by Gasteiger charge is 2.31. The molecule has 152 valence electrons. The Labute approximate surface area is 168 Å². The van der Waals surface area contributed by atoms with E-state index < -0.39 is 29.5 Å². The predicted molar refractivity (Wildman–Crippen MR) is 106 cm³/mol. The zero-order chi connectivity index (χ0) is 21.2. The van der Waals surface area contributed by atoms with E-state index in [1.807, 2.05) is 42.5 Å². The topological polar surface area (TPSA) is 106 Å². The summed E-state index contributed by atoms with van der Waals surface area (Å²) in [5.74, 6) is -1.73. The Morgan fingerprint density at radius 3 is 2.48 bits per heavy atom. The summed E-state index contributed by atoms with van der Waals surface area (Å²) in [4.78, 5) is 29.0. The van der Waals surface area contributed by atoms with Gasteiger partial charge in [0.05, 0.1) is 0 Å². The number of amides is 1. The molecule has 8 nitrogen and oxygen atoms in total. The molecule has 3 rings (SSSR count). The lowest BCUT2D eigenvalue weighted by Gasteiger charge is -2.29. The first-order valence-electron chi connectivity index (χ1n) is 9.14. The van der Waals surface area contributed by atoms with E-state index in [-0.39, 0.29) is 5.89 Å². The average molecular weight is 397 g/mol. The van der Waals surface area contributed by atoms with Gasteiger partial charge in [-0.05, 0) is 42.3 Å². The molecule has 29 heavy (non-hydrogen) atoms. The van der Waals surface area contributed by atoms with Crippen LogP contribution in [0.2, 0.25) is 0 Å². The Morgan fingerprint density at radius 1 is 1.17 bits per heavy atom. The molecule has 1 amide bonds. The molecule has 0 saturated heterocycles. The maximum absolute atomic E-state index is 12.6. The minimum Gasteiger partial charge on any atom is -0.475 e. The molecular weight excluding hydrogens is 374 g/mol. The second kappa shape index (κ2) is 7.90. The molecule has 0 aliphatic heterocycles. The minimum absolute atomic E-state index is 0.0314. The number of carbonyl (C=O) groups excluding carboxylic acids is 1. The zero-order valence-corrected chi connectivity index (χ0v) is 16.7. The quantitative estimate of drug-likeness (QED) is 0.691. The number of ether oxygens (including phenoxy) is 1. The van der Waals surface area contributed by atoms with Crippen molar-refractivity contribution in [3.63, 3.8) is 0 Å². The summed E-state index contributed by atoms with van der Waals surface area (Å²) in [5, 5.41) is 14.7. The summed E-state index contributed by atoms with van der Waals surface area (Å²) < 4.78 is 10.6. The number of fused-ring (bicyclic) bond motifs is 1. The number of rotatable bonds is 5. The smallest absolute Gasteiger partial charge is 0.410 e. The number of aromatic carboxylic acids is 1. The molecule has 1 atom stereocenters. The van der Waals surface area contributed by atoms with E-state index in [9.17, 15) is 9.59 Å². The number of carbonyl (C=O) groups is 2. The van der Waals surface area contributed by atoms with Gasteiger partial charge in [0.15, 0.2) is 0 Å². The van der Waals surface area contributed by atoms with Gasteiger partial charge in [0.1, 0.15) is 11.6 Å². The van der Waals surface area contributed by atoms with Crippen molar-refractivity contribution < 1.29 is 24.0 Å². The lowest BCUT2D eigenvalue weighted by molar-refractivity contribution is 0.0190. The van der Waals surface area contributed by atoms with Crippen LogP contribution in [0.15, 0.2) is 47.0 Å². The van der Waals surface area contributed by atoms with E-state index in [0.717, 1.165) is 16.3 Å². The first-order valence-corrected chi connectivity index (χ1v) is 9.14. The number of carboxylic acid groups (broad SMARTS) is 1. The zero-order valence-electron chi connectivity index (χ0n) is 16.7. The van der Waals surface area contributed by atoms with E-state index in [1.54, 1.807) is 27.8 Å². The van der Waals surface area contributed by atoms with E-state index in [0.29, 0.717) is 6.42 Å². The first kappa shape index (κ1) is 20.3. The molecule has 1 heterocycles. The third kappa shape index (κ3) is 4.90. The summed E-state index contributed by atoms with van der Waals surface area (Å²) in [6.07, 6.45) is -0.222. The summed E-state index contributed by atoms with van der Waals surface area (Å²) in [6.45, 7) is 5.31. The standard InChI is InChI=1S/C21H23N3O5/c1-21(2,3)28-20(27)24(4)16(18-22-17(19(25)26)23-29-18)12-13-9-10-14-7-5-6-8-15(14)11-13/h5-11,16H,12H2,1-4H3,(H,25,26)/t16-/m1/s1. The van der Waals surface area contributed by atoms with Crippen LogP contribution in [-0.2, 0) is 11.2 Å². The number of hydrogen-bond acceptors (Lipinski definition) is 6. The van der Waals surface area contributed by atoms with Gasteiger partial charge in [-0.15, -0.1) is 0 Å².